The van der Waals surface area contributed by atoms with Crippen LogP contribution < -0.4 is 0 Å². The fourth-order valence-corrected chi connectivity index (χ4v) is 19.6. The predicted octanol–water partition coefficient (Wildman–Crippen LogP) is 16.2. The number of hydrogen-bond donors (Lipinski definition) is 0. The van der Waals surface area contributed by atoms with E-state index in [1.165, 1.54) is 126 Å². The highest BCUT2D eigenvalue weighted by atomic mass is 15.0. The van der Waals surface area contributed by atoms with Gasteiger partial charge in [-0.3, -0.25) is 9.97 Å². The van der Waals surface area contributed by atoms with Crippen LogP contribution in [0.15, 0.2) is 48.8 Å². The third kappa shape index (κ3) is 4.05. The van der Waals surface area contributed by atoms with Crippen molar-refractivity contribution >= 4 is 38.1 Å². The molecule has 4 aromatic heterocycles. The number of hydrogen-bond acceptors (Lipinski definition) is 2. The van der Waals surface area contributed by atoms with Crippen molar-refractivity contribution in [1.82, 2.24) is 14.4 Å². The van der Waals surface area contributed by atoms with Gasteiger partial charge in [-0.05, 0) is 177 Å². The van der Waals surface area contributed by atoms with Crippen LogP contribution in [0, 0.1) is 29.1 Å². The molecule has 7 aromatic rings. The highest BCUT2D eigenvalue weighted by Gasteiger charge is 2.67. The zero-order valence-corrected chi connectivity index (χ0v) is 41.7. The second-order valence-electron chi connectivity index (χ2n) is 28.0. The quantitative estimate of drug-likeness (QED) is 0.152. The van der Waals surface area contributed by atoms with Crippen LogP contribution in [-0.4, -0.2) is 14.4 Å². The van der Waals surface area contributed by atoms with Crippen LogP contribution in [0.1, 0.15) is 214 Å². The molecule has 0 saturated heterocycles. The summed E-state index contributed by atoms with van der Waals surface area (Å²) in [7, 11) is 0. The van der Waals surface area contributed by atoms with Gasteiger partial charge in [-0.25, -0.2) is 0 Å². The molecule has 0 aliphatic heterocycles. The highest BCUT2D eigenvalue weighted by Crippen LogP contribution is 2.77. The number of fused-ring (bicyclic) bond motifs is 18. The van der Waals surface area contributed by atoms with Crippen molar-refractivity contribution in [3.05, 3.63) is 99.1 Å². The van der Waals surface area contributed by atoms with Gasteiger partial charge in [-0.2, -0.15) is 0 Å². The van der Waals surface area contributed by atoms with Crippen molar-refractivity contribution in [3.63, 3.8) is 0 Å². The molecule has 4 heterocycles. The maximum absolute atomic E-state index is 5.78. The van der Waals surface area contributed by atoms with Gasteiger partial charge in [0.2, 0.25) is 0 Å². The average molecular weight is 868 g/mol. The minimum absolute atomic E-state index is 0.0401. The van der Waals surface area contributed by atoms with Crippen molar-refractivity contribution in [2.75, 3.05) is 0 Å². The molecule has 10 aliphatic rings. The van der Waals surface area contributed by atoms with Gasteiger partial charge in [0.15, 0.2) is 0 Å². The van der Waals surface area contributed by atoms with Crippen LogP contribution in [0.4, 0.5) is 0 Å². The topological polar surface area (TPSA) is 30.2 Å². The molecule has 3 aromatic carbocycles. The van der Waals surface area contributed by atoms with E-state index in [1.807, 2.05) is 0 Å². The third-order valence-corrected chi connectivity index (χ3v) is 22.9. The van der Waals surface area contributed by atoms with E-state index in [0.29, 0.717) is 29.1 Å². The minimum Gasteiger partial charge on any atom is -0.305 e. The lowest BCUT2D eigenvalue weighted by Gasteiger charge is -2.61. The summed E-state index contributed by atoms with van der Waals surface area (Å²) < 4.78 is 2.79. The van der Waals surface area contributed by atoms with Gasteiger partial charge >= 0.3 is 0 Å². The molecule has 7 bridgehead atoms. The van der Waals surface area contributed by atoms with Gasteiger partial charge in [-0.15, -0.1) is 0 Å². The van der Waals surface area contributed by atoms with Crippen LogP contribution in [0.25, 0.3) is 60.3 Å². The molecule has 1 spiro atoms. The zero-order chi connectivity index (χ0) is 44.9. The lowest BCUT2D eigenvalue weighted by molar-refractivity contribution is 0.00321. The summed E-state index contributed by atoms with van der Waals surface area (Å²) >= 11 is 0. The van der Waals surface area contributed by atoms with Crippen LogP contribution in [0.5, 0.6) is 0 Å². The van der Waals surface area contributed by atoms with E-state index in [2.05, 4.69) is 129 Å². The Kier molecular flexibility index (Phi) is 6.61. The number of aromatic nitrogens is 3. The molecular formula is C63H69N3. The van der Waals surface area contributed by atoms with Gasteiger partial charge in [0.05, 0.1) is 28.9 Å². The Bertz CT molecular complexity index is 3410. The molecule has 5 fully saturated rings. The second kappa shape index (κ2) is 11.3. The first-order chi connectivity index (χ1) is 31.3. The maximum atomic E-state index is 5.78. The number of nitrogens with zero attached hydrogens (tertiary/aromatic N) is 3. The Morgan fingerprint density at radius 1 is 0.530 bits per heavy atom. The van der Waals surface area contributed by atoms with Gasteiger partial charge in [0.25, 0.3) is 0 Å². The largest absolute Gasteiger partial charge is 0.305 e. The summed E-state index contributed by atoms with van der Waals surface area (Å²) in [4.78, 5) is 11.5. The molecule has 3 nitrogen and oxygen atoms in total. The third-order valence-electron chi connectivity index (χ3n) is 22.9. The zero-order valence-electron chi connectivity index (χ0n) is 41.7. The molecule has 5 saturated carbocycles. The Hall–Kier alpha value is -4.24. The first-order valence-corrected chi connectivity index (χ1v) is 26.7. The predicted molar refractivity (Wildman–Crippen MR) is 272 cm³/mol. The Balaban J connectivity index is 1.17. The normalized spacial score (nSPS) is 34.3. The average Bonchev–Trinajstić information content (AvgIpc) is 3.91. The van der Waals surface area contributed by atoms with Crippen molar-refractivity contribution < 1.29 is 0 Å². The first-order valence-electron chi connectivity index (χ1n) is 26.7. The standard InChI is InChI=1S/C63H69N3/c1-58(2,3)36-12-14-40-42(24-36)60(7,8)62(11)54-48(40)52-50-44(28-64-55-33-19-30-16-31(20-33)18-32(17-30)46(50)55)66-45-29-65-56-35-22-39-23-38-21-34(26-63(38,39)27-35)47(56)51(45)53(57(52)66)49(54)41-15-13-37(59(4,5)6)25-43(41)61(62,9)10/h12-15,24-25,28-35,38-39H,16-23,26-27H2,1-11H3. The van der Waals surface area contributed by atoms with E-state index in [-0.39, 0.29) is 27.1 Å². The Morgan fingerprint density at radius 2 is 1.02 bits per heavy atom. The molecule has 10 aliphatic carbocycles. The fourth-order valence-electron chi connectivity index (χ4n) is 19.6. The monoisotopic (exact) mass is 868 g/mol. The summed E-state index contributed by atoms with van der Waals surface area (Å²) in [5.74, 6) is 5.88. The van der Waals surface area contributed by atoms with Gasteiger partial charge in [0.1, 0.15) is 0 Å². The van der Waals surface area contributed by atoms with E-state index < -0.39 is 0 Å². The lowest BCUT2D eigenvalue weighted by Crippen LogP contribution is -2.58. The number of pyridine rings is 2. The molecule has 66 heavy (non-hydrogen) atoms. The molecule has 17 rings (SSSR count). The van der Waals surface area contributed by atoms with Crippen molar-refractivity contribution in [2.24, 2.45) is 29.1 Å². The molecule has 0 radical (unpaired) electrons. The second-order valence-corrected chi connectivity index (χ2v) is 28.0. The molecule has 3 heteroatoms. The van der Waals surface area contributed by atoms with Crippen LogP contribution in [-0.2, 0) is 27.1 Å². The molecule has 0 amide bonds. The minimum atomic E-state index is -0.247. The maximum Gasteiger partial charge on any atom is 0.0728 e. The first kappa shape index (κ1) is 38.7. The smallest absolute Gasteiger partial charge is 0.0728 e. The van der Waals surface area contributed by atoms with E-state index >= 15 is 0 Å². The van der Waals surface area contributed by atoms with Crippen molar-refractivity contribution in [2.45, 2.75) is 191 Å². The van der Waals surface area contributed by atoms with Crippen molar-refractivity contribution in [1.29, 1.82) is 0 Å². The van der Waals surface area contributed by atoms with Crippen molar-refractivity contribution in [3.8, 4) is 22.3 Å². The number of rotatable bonds is 0. The van der Waals surface area contributed by atoms with Crippen LogP contribution >= 0.6 is 0 Å². The summed E-state index contributed by atoms with van der Waals surface area (Å²) in [5.41, 5.74) is 24.1. The Morgan fingerprint density at radius 3 is 1.56 bits per heavy atom. The fraction of sp³-hybridized carbons (Fsp3) is 0.556. The van der Waals surface area contributed by atoms with E-state index in [1.54, 1.807) is 49.4 Å². The van der Waals surface area contributed by atoms with E-state index in [9.17, 15) is 0 Å². The molecular weight excluding hydrogens is 799 g/mol. The van der Waals surface area contributed by atoms with E-state index in [4.69, 9.17) is 9.97 Å². The molecule has 8 atom stereocenters. The number of benzene rings is 3. The van der Waals surface area contributed by atoms with Crippen LogP contribution in [0.2, 0.25) is 0 Å². The summed E-state index contributed by atoms with van der Waals surface area (Å²) in [5, 5.41) is 6.25. The van der Waals surface area contributed by atoms with E-state index in [0.717, 1.165) is 23.7 Å². The van der Waals surface area contributed by atoms with Gasteiger partial charge in [-0.1, -0.05) is 113 Å². The van der Waals surface area contributed by atoms with Gasteiger partial charge in [0, 0.05) is 61.0 Å². The highest BCUT2D eigenvalue weighted by molar-refractivity contribution is 6.33. The molecule has 336 valence electrons. The van der Waals surface area contributed by atoms with Gasteiger partial charge < -0.3 is 4.40 Å². The summed E-state index contributed by atoms with van der Waals surface area (Å²) in [6.07, 6.45) is 18.5. The molecule has 0 N–H and O–H groups in total. The summed E-state index contributed by atoms with van der Waals surface area (Å²) in [6.45, 7) is 27.8. The summed E-state index contributed by atoms with van der Waals surface area (Å²) in [6, 6.07) is 15.6. The lowest BCUT2D eigenvalue weighted by atomic mass is 9.41. The SMILES string of the molecule is CC(C)(C)c1ccc2c(c1)C(C)(C)C1(C)c3c-2c2c4c5c(ncc4n4c6cnc7c(c6c(c3-c3ccc(C(C)(C)C)cc3C1(C)C)c24)C1CC2CC3CC7CC32C1)C1CC2CC(C1)CC5C2. The van der Waals surface area contributed by atoms with Crippen LogP contribution in [0.3, 0.4) is 0 Å². The molecule has 8 unspecified atom stereocenters. The Labute approximate surface area is 392 Å².